The number of carbonyl (C=O) groups excluding carboxylic acids is 1. The Hall–Kier alpha value is -2.69. The Morgan fingerprint density at radius 2 is 1.96 bits per heavy atom. The van der Waals surface area contributed by atoms with Gasteiger partial charge in [0, 0.05) is 31.4 Å². The smallest absolute Gasteiger partial charge is 0.255 e. The Morgan fingerprint density at radius 1 is 1.16 bits per heavy atom. The minimum Gasteiger partial charge on any atom is -0.497 e. The molecule has 0 bridgehead atoms. The normalized spacial score (nSPS) is 16.6. The molecule has 1 N–H and O–H groups in total. The quantitative estimate of drug-likeness (QED) is 0.878. The van der Waals surface area contributed by atoms with E-state index < -0.39 is 0 Å². The van der Waals surface area contributed by atoms with Gasteiger partial charge in [-0.05, 0) is 36.6 Å². The van der Waals surface area contributed by atoms with Gasteiger partial charge in [0.1, 0.15) is 11.5 Å². The molecule has 5 heteroatoms. The van der Waals surface area contributed by atoms with Crippen molar-refractivity contribution >= 4 is 11.6 Å². The van der Waals surface area contributed by atoms with Crippen LogP contribution in [0.2, 0.25) is 0 Å². The summed E-state index contributed by atoms with van der Waals surface area (Å²) in [4.78, 5) is 14.9. The van der Waals surface area contributed by atoms with E-state index in [1.54, 1.807) is 32.4 Å². The molecular weight excluding hydrogens is 316 g/mol. The fraction of sp³-hybridized carbons (Fsp3) is 0.350. The van der Waals surface area contributed by atoms with Crippen LogP contribution in [-0.2, 0) is 0 Å². The molecule has 5 nitrogen and oxygen atoms in total. The Bertz CT molecular complexity index is 718. The summed E-state index contributed by atoms with van der Waals surface area (Å²) in [5, 5.41) is 3.04. The van der Waals surface area contributed by atoms with Crippen molar-refractivity contribution in [2.45, 2.75) is 6.42 Å². The second kappa shape index (κ2) is 7.92. The maximum absolute atomic E-state index is 12.5. The van der Waals surface area contributed by atoms with Gasteiger partial charge in [-0.1, -0.05) is 18.2 Å². The molecule has 25 heavy (non-hydrogen) atoms. The highest BCUT2D eigenvalue weighted by Gasteiger charge is 2.23. The summed E-state index contributed by atoms with van der Waals surface area (Å²) >= 11 is 0. The van der Waals surface area contributed by atoms with Crippen molar-refractivity contribution in [1.29, 1.82) is 0 Å². The van der Waals surface area contributed by atoms with E-state index in [0.717, 1.165) is 19.5 Å². The van der Waals surface area contributed by atoms with Gasteiger partial charge in [0.2, 0.25) is 0 Å². The molecule has 1 amide bonds. The summed E-state index contributed by atoms with van der Waals surface area (Å²) in [5.74, 6) is 1.53. The van der Waals surface area contributed by atoms with Crippen LogP contribution in [0, 0.1) is 5.92 Å². The zero-order valence-corrected chi connectivity index (χ0v) is 14.7. The lowest BCUT2D eigenvalue weighted by molar-refractivity contribution is 0.0945. The molecule has 0 unspecified atom stereocenters. The number of anilines is 1. The molecule has 1 heterocycles. The van der Waals surface area contributed by atoms with Crippen LogP contribution >= 0.6 is 0 Å². The predicted octanol–water partition coefficient (Wildman–Crippen LogP) is 2.96. The number of methoxy groups -OCH3 is 2. The third-order valence-electron chi connectivity index (χ3n) is 4.61. The number of hydrogen-bond acceptors (Lipinski definition) is 4. The van der Waals surface area contributed by atoms with Gasteiger partial charge in [0.15, 0.2) is 0 Å². The minimum absolute atomic E-state index is 0.113. The number of amides is 1. The monoisotopic (exact) mass is 340 g/mol. The number of ether oxygens (including phenoxy) is 2. The zero-order chi connectivity index (χ0) is 17.6. The van der Waals surface area contributed by atoms with Gasteiger partial charge < -0.3 is 19.7 Å². The average molecular weight is 340 g/mol. The highest BCUT2D eigenvalue weighted by atomic mass is 16.5. The van der Waals surface area contributed by atoms with Gasteiger partial charge in [-0.2, -0.15) is 0 Å². The second-order valence-electron chi connectivity index (χ2n) is 6.21. The highest BCUT2D eigenvalue weighted by molar-refractivity contribution is 5.97. The molecule has 0 saturated carbocycles. The molecule has 1 aliphatic rings. The van der Waals surface area contributed by atoms with E-state index in [2.05, 4.69) is 34.5 Å². The predicted molar refractivity (Wildman–Crippen MR) is 98.6 cm³/mol. The molecule has 1 saturated heterocycles. The van der Waals surface area contributed by atoms with Gasteiger partial charge in [-0.15, -0.1) is 0 Å². The van der Waals surface area contributed by atoms with E-state index in [9.17, 15) is 4.79 Å². The maximum Gasteiger partial charge on any atom is 0.255 e. The summed E-state index contributed by atoms with van der Waals surface area (Å²) in [6, 6.07) is 15.6. The van der Waals surface area contributed by atoms with Crippen LogP contribution in [0.5, 0.6) is 11.5 Å². The molecule has 1 atom stereocenters. The lowest BCUT2D eigenvalue weighted by Crippen LogP contribution is -2.31. The molecule has 0 spiro atoms. The molecule has 0 radical (unpaired) electrons. The number of hydrogen-bond donors (Lipinski definition) is 1. The number of para-hydroxylation sites is 1. The largest absolute Gasteiger partial charge is 0.497 e. The highest BCUT2D eigenvalue weighted by Crippen LogP contribution is 2.25. The number of nitrogens with zero attached hydrogens (tertiary/aromatic N) is 1. The van der Waals surface area contributed by atoms with Crippen molar-refractivity contribution in [3.63, 3.8) is 0 Å². The molecule has 2 aromatic rings. The third kappa shape index (κ3) is 4.05. The van der Waals surface area contributed by atoms with Crippen molar-refractivity contribution in [2.75, 3.05) is 38.8 Å². The van der Waals surface area contributed by atoms with Crippen LogP contribution < -0.4 is 19.7 Å². The number of carbonyl (C=O) groups is 1. The topological polar surface area (TPSA) is 50.8 Å². The van der Waals surface area contributed by atoms with Crippen LogP contribution in [0.3, 0.4) is 0 Å². The fourth-order valence-electron chi connectivity index (χ4n) is 3.19. The molecule has 1 aliphatic heterocycles. The number of benzene rings is 2. The Balaban J connectivity index is 1.56. The Labute approximate surface area is 148 Å². The van der Waals surface area contributed by atoms with Gasteiger partial charge in [0.05, 0.1) is 19.8 Å². The van der Waals surface area contributed by atoms with Crippen LogP contribution in [-0.4, -0.2) is 39.8 Å². The summed E-state index contributed by atoms with van der Waals surface area (Å²) in [5.41, 5.74) is 1.77. The Morgan fingerprint density at radius 3 is 2.68 bits per heavy atom. The van der Waals surface area contributed by atoms with E-state index in [1.165, 1.54) is 5.69 Å². The summed E-state index contributed by atoms with van der Waals surface area (Å²) in [6.45, 7) is 2.65. The van der Waals surface area contributed by atoms with Crippen molar-refractivity contribution in [1.82, 2.24) is 5.32 Å². The standard InChI is InChI=1S/C20H24N2O3/c1-24-17-8-9-18(19(12-17)25-2)20(23)21-13-15-10-11-22(14-15)16-6-4-3-5-7-16/h3-9,12,15H,10-11,13-14H2,1-2H3,(H,21,23)/t15-/m1/s1. The lowest BCUT2D eigenvalue weighted by atomic mass is 10.1. The van der Waals surface area contributed by atoms with Crippen molar-refractivity contribution in [3.05, 3.63) is 54.1 Å². The van der Waals surface area contributed by atoms with Gasteiger partial charge in [-0.3, -0.25) is 4.79 Å². The summed E-state index contributed by atoms with van der Waals surface area (Å²) < 4.78 is 10.5. The van der Waals surface area contributed by atoms with Crippen LogP contribution in [0.4, 0.5) is 5.69 Å². The van der Waals surface area contributed by atoms with Gasteiger partial charge >= 0.3 is 0 Å². The van der Waals surface area contributed by atoms with E-state index in [0.29, 0.717) is 29.5 Å². The molecule has 3 rings (SSSR count). The van der Waals surface area contributed by atoms with E-state index in [1.807, 2.05) is 6.07 Å². The van der Waals surface area contributed by atoms with Gasteiger partial charge in [0.25, 0.3) is 5.91 Å². The van der Waals surface area contributed by atoms with Crippen LogP contribution in [0.1, 0.15) is 16.8 Å². The first kappa shape index (κ1) is 17.1. The first-order valence-electron chi connectivity index (χ1n) is 8.51. The SMILES string of the molecule is COc1ccc(C(=O)NC[C@H]2CCN(c3ccccc3)C2)c(OC)c1. The van der Waals surface area contributed by atoms with Crippen molar-refractivity contribution in [3.8, 4) is 11.5 Å². The van der Waals surface area contributed by atoms with Crippen LogP contribution in [0.25, 0.3) is 0 Å². The lowest BCUT2D eigenvalue weighted by Gasteiger charge is -2.19. The molecule has 0 aliphatic carbocycles. The molecule has 1 fully saturated rings. The molecule has 0 aromatic heterocycles. The second-order valence-corrected chi connectivity index (χ2v) is 6.21. The molecule has 2 aromatic carbocycles. The van der Waals surface area contributed by atoms with E-state index in [-0.39, 0.29) is 5.91 Å². The summed E-state index contributed by atoms with van der Waals surface area (Å²) in [7, 11) is 3.15. The fourth-order valence-corrected chi connectivity index (χ4v) is 3.19. The maximum atomic E-state index is 12.5. The van der Waals surface area contributed by atoms with Crippen LogP contribution in [0.15, 0.2) is 48.5 Å². The van der Waals surface area contributed by atoms with Crippen molar-refractivity contribution < 1.29 is 14.3 Å². The first-order valence-corrected chi connectivity index (χ1v) is 8.51. The average Bonchev–Trinajstić information content (AvgIpc) is 3.15. The Kier molecular flexibility index (Phi) is 5.43. The summed E-state index contributed by atoms with van der Waals surface area (Å²) in [6.07, 6.45) is 1.08. The number of nitrogens with one attached hydrogen (secondary N) is 1. The van der Waals surface area contributed by atoms with E-state index >= 15 is 0 Å². The van der Waals surface area contributed by atoms with Crippen molar-refractivity contribution in [2.24, 2.45) is 5.92 Å². The molecular formula is C20H24N2O3. The van der Waals surface area contributed by atoms with Gasteiger partial charge in [-0.25, -0.2) is 0 Å². The van der Waals surface area contributed by atoms with E-state index in [4.69, 9.17) is 9.47 Å². The first-order chi connectivity index (χ1) is 12.2. The molecule has 132 valence electrons. The number of rotatable bonds is 6. The third-order valence-corrected chi connectivity index (χ3v) is 4.61. The minimum atomic E-state index is -0.113. The zero-order valence-electron chi connectivity index (χ0n) is 14.7.